The smallest absolute Gasteiger partial charge is 0.289 e. The normalized spacial score (nSPS) is 19.0. The first-order valence-electron chi connectivity index (χ1n) is 7.20. The van der Waals surface area contributed by atoms with Gasteiger partial charge in [-0.1, -0.05) is 30.0 Å². The minimum Gasteiger partial charge on any atom is -0.368 e. The van der Waals surface area contributed by atoms with Crippen LogP contribution in [0.3, 0.4) is 0 Å². The lowest BCUT2D eigenvalue weighted by molar-refractivity contribution is -0.136. The molecular weight excluding hydrogens is 302 g/mol. The maximum Gasteiger partial charge on any atom is 0.289 e. The summed E-state index contributed by atoms with van der Waals surface area (Å²) < 4.78 is 0. The van der Waals surface area contributed by atoms with Crippen molar-refractivity contribution in [2.45, 2.75) is 0 Å². The van der Waals surface area contributed by atoms with Gasteiger partial charge in [0.05, 0.1) is 5.75 Å². The van der Waals surface area contributed by atoms with E-state index in [4.69, 9.17) is 0 Å². The molecule has 0 spiro atoms. The van der Waals surface area contributed by atoms with E-state index in [-0.39, 0.29) is 29.4 Å². The maximum atomic E-state index is 12.2. The average Bonchev–Trinajstić information content (AvgIpc) is 2.88. The third-order valence-electron chi connectivity index (χ3n) is 3.89. The lowest BCUT2D eigenvalue weighted by Gasteiger charge is -2.36. The second kappa shape index (κ2) is 6.39. The fourth-order valence-electron chi connectivity index (χ4n) is 2.62. The molecule has 22 heavy (non-hydrogen) atoms. The average molecular weight is 319 g/mol. The zero-order valence-electron chi connectivity index (χ0n) is 12.1. The van der Waals surface area contributed by atoms with Gasteiger partial charge < -0.3 is 9.80 Å². The molecule has 6 nitrogen and oxygen atoms in total. The van der Waals surface area contributed by atoms with Crippen LogP contribution in [0.2, 0.25) is 0 Å². The van der Waals surface area contributed by atoms with E-state index in [2.05, 4.69) is 17.0 Å². The number of amides is 3. The molecule has 2 saturated heterocycles. The van der Waals surface area contributed by atoms with Crippen molar-refractivity contribution in [3.8, 4) is 0 Å². The molecule has 0 atom stereocenters. The zero-order chi connectivity index (χ0) is 15.5. The van der Waals surface area contributed by atoms with E-state index in [9.17, 15) is 14.4 Å². The number of carbonyl (C=O) groups is 3. The first-order chi connectivity index (χ1) is 10.6. The molecule has 0 aliphatic carbocycles. The van der Waals surface area contributed by atoms with E-state index in [0.29, 0.717) is 13.1 Å². The summed E-state index contributed by atoms with van der Waals surface area (Å²) in [4.78, 5) is 40.3. The van der Waals surface area contributed by atoms with Gasteiger partial charge in [-0.05, 0) is 12.1 Å². The Balaban J connectivity index is 1.54. The van der Waals surface area contributed by atoms with Crippen molar-refractivity contribution in [1.29, 1.82) is 0 Å². The fourth-order valence-corrected chi connectivity index (χ4v) is 3.35. The molecule has 2 aliphatic heterocycles. The number of carbonyl (C=O) groups excluding carboxylic acids is 3. The van der Waals surface area contributed by atoms with Crippen LogP contribution in [0.1, 0.15) is 0 Å². The largest absolute Gasteiger partial charge is 0.368 e. The van der Waals surface area contributed by atoms with Gasteiger partial charge in [-0.3, -0.25) is 19.3 Å². The number of piperazine rings is 1. The van der Waals surface area contributed by atoms with Crippen LogP contribution in [-0.4, -0.2) is 65.3 Å². The van der Waals surface area contributed by atoms with Crippen LogP contribution in [0.4, 0.5) is 10.5 Å². The fraction of sp³-hybridized carbons (Fsp3) is 0.400. The molecule has 0 N–H and O–H groups in total. The van der Waals surface area contributed by atoms with Crippen molar-refractivity contribution in [1.82, 2.24) is 9.80 Å². The van der Waals surface area contributed by atoms with Crippen molar-refractivity contribution in [2.75, 3.05) is 43.4 Å². The molecule has 0 unspecified atom stereocenters. The lowest BCUT2D eigenvalue weighted by Crippen LogP contribution is -2.51. The van der Waals surface area contributed by atoms with Crippen molar-refractivity contribution in [3.05, 3.63) is 30.3 Å². The molecule has 0 bridgehead atoms. The Morgan fingerprint density at radius 3 is 2.32 bits per heavy atom. The minimum atomic E-state index is -0.318. The molecule has 2 aliphatic rings. The number of imide groups is 1. The van der Waals surface area contributed by atoms with Gasteiger partial charge in [0.1, 0.15) is 6.54 Å². The molecule has 2 heterocycles. The van der Waals surface area contributed by atoms with Crippen molar-refractivity contribution >= 4 is 34.5 Å². The number of rotatable bonds is 3. The molecule has 0 saturated carbocycles. The number of nitrogens with zero attached hydrogens (tertiary/aromatic N) is 3. The highest BCUT2D eigenvalue weighted by atomic mass is 32.2. The summed E-state index contributed by atoms with van der Waals surface area (Å²) in [5.41, 5.74) is 1.15. The summed E-state index contributed by atoms with van der Waals surface area (Å²) in [5.74, 6) is -0.281. The van der Waals surface area contributed by atoms with E-state index >= 15 is 0 Å². The van der Waals surface area contributed by atoms with E-state index in [1.807, 2.05) is 18.2 Å². The predicted molar refractivity (Wildman–Crippen MR) is 84.8 cm³/mol. The molecule has 3 amide bonds. The summed E-state index contributed by atoms with van der Waals surface area (Å²) in [5, 5.41) is -0.318. The van der Waals surface area contributed by atoms with Gasteiger partial charge in [0.2, 0.25) is 11.8 Å². The Kier molecular flexibility index (Phi) is 4.33. The Morgan fingerprint density at radius 2 is 1.73 bits per heavy atom. The van der Waals surface area contributed by atoms with Crippen LogP contribution >= 0.6 is 11.8 Å². The van der Waals surface area contributed by atoms with E-state index in [1.54, 1.807) is 4.90 Å². The molecule has 3 rings (SSSR count). The predicted octanol–water partition coefficient (Wildman–Crippen LogP) is 1.03. The molecule has 1 aromatic carbocycles. The van der Waals surface area contributed by atoms with Crippen LogP contribution in [-0.2, 0) is 9.59 Å². The SMILES string of the molecule is O=C(CN1C(=O)CSC1=O)N1CCN(c2ccccc2)CC1. The third kappa shape index (κ3) is 3.09. The Morgan fingerprint density at radius 1 is 1.05 bits per heavy atom. The third-order valence-corrected chi connectivity index (χ3v) is 4.75. The number of thioether (sulfide) groups is 1. The molecule has 0 radical (unpaired) electrons. The number of benzene rings is 1. The Labute approximate surface area is 133 Å². The summed E-state index contributed by atoms with van der Waals surface area (Å²) in [6.07, 6.45) is 0. The number of para-hydroxylation sites is 1. The molecule has 0 aromatic heterocycles. The minimum absolute atomic E-state index is 0.129. The topological polar surface area (TPSA) is 60.9 Å². The summed E-state index contributed by atoms with van der Waals surface area (Å²) in [6, 6.07) is 10.1. The highest BCUT2D eigenvalue weighted by molar-refractivity contribution is 8.14. The standard InChI is InChI=1S/C15H17N3O3S/c19-13(10-18-14(20)11-22-15(18)21)17-8-6-16(7-9-17)12-4-2-1-3-5-12/h1-5H,6-11H2. The summed E-state index contributed by atoms with van der Waals surface area (Å²) in [7, 11) is 0. The van der Waals surface area contributed by atoms with Gasteiger partial charge in [-0.25, -0.2) is 0 Å². The quantitative estimate of drug-likeness (QED) is 0.833. The summed E-state index contributed by atoms with van der Waals surface area (Å²) in [6.45, 7) is 2.60. The van der Waals surface area contributed by atoms with Crippen LogP contribution in [0.15, 0.2) is 30.3 Å². The number of anilines is 1. The van der Waals surface area contributed by atoms with Crippen LogP contribution in [0.25, 0.3) is 0 Å². The van der Waals surface area contributed by atoms with E-state index in [1.165, 1.54) is 0 Å². The molecule has 7 heteroatoms. The zero-order valence-corrected chi connectivity index (χ0v) is 12.9. The molecular formula is C15H17N3O3S. The van der Waals surface area contributed by atoms with E-state index in [0.717, 1.165) is 35.4 Å². The van der Waals surface area contributed by atoms with Gasteiger partial charge in [0.15, 0.2) is 0 Å². The summed E-state index contributed by atoms with van der Waals surface area (Å²) >= 11 is 0.958. The van der Waals surface area contributed by atoms with Crippen LogP contribution in [0, 0.1) is 0 Å². The van der Waals surface area contributed by atoms with Gasteiger partial charge in [0, 0.05) is 31.9 Å². The first-order valence-corrected chi connectivity index (χ1v) is 8.18. The second-order valence-electron chi connectivity index (χ2n) is 5.24. The van der Waals surface area contributed by atoms with Crippen LogP contribution < -0.4 is 4.90 Å². The molecule has 116 valence electrons. The van der Waals surface area contributed by atoms with Gasteiger partial charge in [0.25, 0.3) is 5.24 Å². The second-order valence-corrected chi connectivity index (χ2v) is 6.16. The highest BCUT2D eigenvalue weighted by Gasteiger charge is 2.33. The number of hydrogen-bond donors (Lipinski definition) is 0. The maximum absolute atomic E-state index is 12.2. The Bertz CT molecular complexity index is 569. The number of hydrogen-bond acceptors (Lipinski definition) is 5. The van der Waals surface area contributed by atoms with Gasteiger partial charge in [-0.15, -0.1) is 0 Å². The highest BCUT2D eigenvalue weighted by Crippen LogP contribution is 2.19. The molecule has 2 fully saturated rings. The first kappa shape index (κ1) is 14.9. The van der Waals surface area contributed by atoms with Crippen molar-refractivity contribution in [3.63, 3.8) is 0 Å². The van der Waals surface area contributed by atoms with Crippen molar-refractivity contribution in [2.24, 2.45) is 0 Å². The van der Waals surface area contributed by atoms with E-state index < -0.39 is 0 Å². The lowest BCUT2D eigenvalue weighted by atomic mass is 10.2. The Hall–Kier alpha value is -2.02. The van der Waals surface area contributed by atoms with Crippen LogP contribution in [0.5, 0.6) is 0 Å². The van der Waals surface area contributed by atoms with Crippen molar-refractivity contribution < 1.29 is 14.4 Å². The van der Waals surface area contributed by atoms with Gasteiger partial charge >= 0.3 is 0 Å². The monoisotopic (exact) mass is 319 g/mol. The van der Waals surface area contributed by atoms with Gasteiger partial charge in [-0.2, -0.15) is 0 Å². The molecule has 1 aromatic rings.